The minimum absolute atomic E-state index is 0.130. The summed E-state index contributed by atoms with van der Waals surface area (Å²) in [6, 6.07) is 12.7. The third-order valence-electron chi connectivity index (χ3n) is 3.02. The van der Waals surface area contributed by atoms with Crippen LogP contribution >= 0.6 is 11.6 Å². The van der Waals surface area contributed by atoms with E-state index >= 15 is 0 Å². The summed E-state index contributed by atoms with van der Waals surface area (Å²) in [5.74, 6) is 0.685. The summed E-state index contributed by atoms with van der Waals surface area (Å²) in [5, 5.41) is 0.641. The highest BCUT2D eigenvalue weighted by atomic mass is 35.5. The van der Waals surface area contributed by atoms with Gasteiger partial charge >= 0.3 is 5.97 Å². The first-order chi connectivity index (χ1) is 10.1. The molecule has 0 bridgehead atoms. The Morgan fingerprint density at radius 3 is 2.67 bits per heavy atom. The number of hydrogen-bond donors (Lipinski definition) is 0. The van der Waals surface area contributed by atoms with E-state index in [1.807, 2.05) is 31.2 Å². The average molecular weight is 305 g/mol. The van der Waals surface area contributed by atoms with Crippen LogP contribution in [0.4, 0.5) is 0 Å². The van der Waals surface area contributed by atoms with Gasteiger partial charge in [0.15, 0.2) is 6.61 Å². The van der Waals surface area contributed by atoms with E-state index < -0.39 is 5.97 Å². The number of carbonyl (C=O) groups excluding carboxylic acids is 1. The summed E-state index contributed by atoms with van der Waals surface area (Å²) in [5.41, 5.74) is 2.02. The number of esters is 1. The lowest BCUT2D eigenvalue weighted by Crippen LogP contribution is -2.17. The lowest BCUT2D eigenvalue weighted by molar-refractivity contribution is -0.136. The molecule has 0 amide bonds. The molecule has 2 aromatic carbocycles. The SMILES string of the molecule is CCc1cccc(OCC(=O)Oc2ccc(Cl)c(C)c2)c1. The Kier molecular flexibility index (Phi) is 5.23. The maximum absolute atomic E-state index is 11.8. The third kappa shape index (κ3) is 4.50. The first-order valence-corrected chi connectivity index (χ1v) is 7.15. The normalized spacial score (nSPS) is 10.2. The number of hydrogen-bond acceptors (Lipinski definition) is 3. The Hall–Kier alpha value is -2.00. The highest BCUT2D eigenvalue weighted by Gasteiger charge is 2.07. The molecule has 21 heavy (non-hydrogen) atoms. The van der Waals surface area contributed by atoms with Gasteiger partial charge in [-0.3, -0.25) is 0 Å². The van der Waals surface area contributed by atoms with E-state index in [0.717, 1.165) is 17.5 Å². The summed E-state index contributed by atoms with van der Waals surface area (Å²) in [6.45, 7) is 3.79. The van der Waals surface area contributed by atoms with Crippen molar-refractivity contribution in [3.05, 3.63) is 58.6 Å². The molecule has 4 heteroatoms. The van der Waals surface area contributed by atoms with Gasteiger partial charge in [-0.15, -0.1) is 0 Å². The largest absolute Gasteiger partial charge is 0.482 e. The number of halogens is 1. The molecule has 0 aliphatic heterocycles. The second kappa shape index (κ2) is 7.14. The Labute approximate surface area is 129 Å². The molecule has 0 atom stereocenters. The summed E-state index contributed by atoms with van der Waals surface area (Å²) in [4.78, 5) is 11.8. The van der Waals surface area contributed by atoms with Crippen LogP contribution in [0, 0.1) is 6.92 Å². The Bertz CT molecular complexity index is 638. The van der Waals surface area contributed by atoms with Crippen molar-refractivity contribution in [2.75, 3.05) is 6.61 Å². The van der Waals surface area contributed by atoms with Crippen LogP contribution in [0.15, 0.2) is 42.5 Å². The van der Waals surface area contributed by atoms with Gasteiger partial charge in [-0.1, -0.05) is 30.7 Å². The topological polar surface area (TPSA) is 35.5 Å². The Balaban J connectivity index is 1.91. The fraction of sp³-hybridized carbons (Fsp3) is 0.235. The van der Waals surface area contributed by atoms with Crippen molar-refractivity contribution < 1.29 is 14.3 Å². The van der Waals surface area contributed by atoms with E-state index in [-0.39, 0.29) is 6.61 Å². The number of carbonyl (C=O) groups is 1. The molecule has 0 saturated carbocycles. The number of aryl methyl sites for hydroxylation is 2. The van der Waals surface area contributed by atoms with Crippen LogP contribution < -0.4 is 9.47 Å². The number of ether oxygens (including phenoxy) is 2. The predicted molar refractivity (Wildman–Crippen MR) is 83.1 cm³/mol. The molecule has 110 valence electrons. The fourth-order valence-corrected chi connectivity index (χ4v) is 1.96. The zero-order chi connectivity index (χ0) is 15.2. The number of rotatable bonds is 5. The van der Waals surface area contributed by atoms with E-state index in [1.54, 1.807) is 18.2 Å². The molecule has 0 radical (unpaired) electrons. The van der Waals surface area contributed by atoms with Crippen molar-refractivity contribution in [3.63, 3.8) is 0 Å². The molecular weight excluding hydrogens is 288 g/mol. The minimum atomic E-state index is -0.446. The van der Waals surface area contributed by atoms with Crippen molar-refractivity contribution in [2.24, 2.45) is 0 Å². The summed E-state index contributed by atoms with van der Waals surface area (Å²) < 4.78 is 10.6. The van der Waals surface area contributed by atoms with Crippen LogP contribution in [0.25, 0.3) is 0 Å². The van der Waals surface area contributed by atoms with Gasteiger partial charge in [0, 0.05) is 5.02 Å². The molecular formula is C17H17ClO3. The molecule has 0 N–H and O–H groups in total. The summed E-state index contributed by atoms with van der Waals surface area (Å²) >= 11 is 5.92. The zero-order valence-electron chi connectivity index (χ0n) is 12.1. The molecule has 2 rings (SSSR count). The molecule has 0 aliphatic rings. The van der Waals surface area contributed by atoms with Gasteiger partial charge in [0.2, 0.25) is 0 Å². The first kappa shape index (κ1) is 15.4. The van der Waals surface area contributed by atoms with Gasteiger partial charge in [0.05, 0.1) is 0 Å². The van der Waals surface area contributed by atoms with Crippen LogP contribution in [0.3, 0.4) is 0 Å². The minimum Gasteiger partial charge on any atom is -0.482 e. The van der Waals surface area contributed by atoms with Crippen LogP contribution in [-0.4, -0.2) is 12.6 Å². The molecule has 2 aromatic rings. The van der Waals surface area contributed by atoms with Gasteiger partial charge in [0.25, 0.3) is 0 Å². The highest BCUT2D eigenvalue weighted by molar-refractivity contribution is 6.31. The first-order valence-electron chi connectivity index (χ1n) is 6.77. The van der Waals surface area contributed by atoms with Crippen molar-refractivity contribution in [1.29, 1.82) is 0 Å². The molecule has 0 unspecified atom stereocenters. The standard InChI is InChI=1S/C17H17ClO3/c1-3-13-5-4-6-14(10-13)20-11-17(19)21-15-7-8-16(18)12(2)9-15/h4-10H,3,11H2,1-2H3. The monoisotopic (exact) mass is 304 g/mol. The predicted octanol–water partition coefficient (Wildman–Crippen LogP) is 4.20. The van der Waals surface area contributed by atoms with Crippen LogP contribution in [0.2, 0.25) is 5.02 Å². The molecule has 0 heterocycles. The van der Waals surface area contributed by atoms with Gasteiger partial charge in [-0.25, -0.2) is 4.79 Å². The lowest BCUT2D eigenvalue weighted by Gasteiger charge is -2.08. The molecule has 0 fully saturated rings. The van der Waals surface area contributed by atoms with Gasteiger partial charge in [-0.2, -0.15) is 0 Å². The average Bonchev–Trinajstić information content (AvgIpc) is 2.49. The van der Waals surface area contributed by atoms with Crippen molar-refractivity contribution in [1.82, 2.24) is 0 Å². The van der Waals surface area contributed by atoms with E-state index in [2.05, 4.69) is 6.92 Å². The van der Waals surface area contributed by atoms with Gasteiger partial charge in [0.1, 0.15) is 11.5 Å². The van der Waals surface area contributed by atoms with Crippen molar-refractivity contribution in [2.45, 2.75) is 20.3 Å². The molecule has 0 aromatic heterocycles. The van der Waals surface area contributed by atoms with E-state index in [0.29, 0.717) is 16.5 Å². The van der Waals surface area contributed by atoms with Gasteiger partial charge < -0.3 is 9.47 Å². The fourth-order valence-electron chi connectivity index (χ4n) is 1.84. The molecule has 0 spiro atoms. The molecule has 3 nitrogen and oxygen atoms in total. The summed E-state index contributed by atoms with van der Waals surface area (Å²) in [6.07, 6.45) is 0.922. The molecule has 0 saturated heterocycles. The quantitative estimate of drug-likeness (QED) is 0.613. The van der Waals surface area contributed by atoms with Crippen LogP contribution in [-0.2, 0) is 11.2 Å². The summed E-state index contributed by atoms with van der Waals surface area (Å²) in [7, 11) is 0. The smallest absolute Gasteiger partial charge is 0.349 e. The maximum Gasteiger partial charge on any atom is 0.349 e. The van der Waals surface area contributed by atoms with E-state index in [4.69, 9.17) is 21.1 Å². The van der Waals surface area contributed by atoms with Gasteiger partial charge in [-0.05, 0) is 54.8 Å². The zero-order valence-corrected chi connectivity index (χ0v) is 12.8. The third-order valence-corrected chi connectivity index (χ3v) is 3.45. The second-order valence-corrected chi connectivity index (χ2v) is 5.08. The van der Waals surface area contributed by atoms with Crippen molar-refractivity contribution >= 4 is 17.6 Å². The lowest BCUT2D eigenvalue weighted by atomic mass is 10.2. The Morgan fingerprint density at radius 2 is 1.95 bits per heavy atom. The van der Waals surface area contributed by atoms with E-state index in [1.165, 1.54) is 0 Å². The van der Waals surface area contributed by atoms with E-state index in [9.17, 15) is 4.79 Å². The number of benzene rings is 2. The van der Waals surface area contributed by atoms with Crippen molar-refractivity contribution in [3.8, 4) is 11.5 Å². The van der Waals surface area contributed by atoms with Crippen LogP contribution in [0.1, 0.15) is 18.1 Å². The Morgan fingerprint density at radius 1 is 1.14 bits per heavy atom. The highest BCUT2D eigenvalue weighted by Crippen LogP contribution is 2.21. The maximum atomic E-state index is 11.8. The second-order valence-electron chi connectivity index (χ2n) is 4.67. The molecule has 0 aliphatic carbocycles. The van der Waals surface area contributed by atoms with Crippen LogP contribution in [0.5, 0.6) is 11.5 Å².